The van der Waals surface area contributed by atoms with Crippen LogP contribution in [0.3, 0.4) is 0 Å². The predicted molar refractivity (Wildman–Crippen MR) is 124 cm³/mol. The van der Waals surface area contributed by atoms with Gasteiger partial charge in [0.05, 0.1) is 0 Å². The summed E-state index contributed by atoms with van der Waals surface area (Å²) in [4.78, 5) is 25.1. The second-order valence-electron chi connectivity index (χ2n) is 7.12. The van der Waals surface area contributed by atoms with E-state index in [-0.39, 0.29) is 12.5 Å². The molecule has 0 saturated carbocycles. The molecule has 3 aromatic rings. The van der Waals surface area contributed by atoms with Gasteiger partial charge < -0.3 is 15.8 Å². The summed E-state index contributed by atoms with van der Waals surface area (Å²) in [5, 5.41) is 5.54. The van der Waals surface area contributed by atoms with Gasteiger partial charge in [-0.25, -0.2) is 4.79 Å². The lowest BCUT2D eigenvalue weighted by Crippen LogP contribution is -2.16. The van der Waals surface area contributed by atoms with Gasteiger partial charge in [-0.2, -0.15) is 0 Å². The van der Waals surface area contributed by atoms with Gasteiger partial charge in [-0.05, 0) is 53.9 Å². The maximum Gasteiger partial charge on any atom is 0.411 e. The molecular formula is C25H25N3O3. The lowest BCUT2D eigenvalue weighted by molar-refractivity contribution is 0.102. The molecular weight excluding hydrogens is 390 g/mol. The van der Waals surface area contributed by atoms with Crippen LogP contribution in [0.4, 0.5) is 16.2 Å². The van der Waals surface area contributed by atoms with Crippen LogP contribution in [0, 0.1) is 0 Å². The van der Waals surface area contributed by atoms with Crippen LogP contribution in [-0.2, 0) is 17.9 Å². The fourth-order valence-electron chi connectivity index (χ4n) is 2.93. The number of allylic oxidation sites excluding steroid dienone is 1. The first-order chi connectivity index (χ1) is 14.9. The van der Waals surface area contributed by atoms with Crippen molar-refractivity contribution >= 4 is 28.9 Å². The summed E-state index contributed by atoms with van der Waals surface area (Å²) in [5.74, 6) is -0.307. The number of benzene rings is 3. The minimum atomic E-state index is -0.607. The predicted octanol–water partition coefficient (Wildman–Crippen LogP) is 5.18. The van der Waals surface area contributed by atoms with Crippen molar-refractivity contribution in [3.8, 4) is 0 Å². The zero-order chi connectivity index (χ0) is 22.2. The summed E-state index contributed by atoms with van der Waals surface area (Å²) in [5.41, 5.74) is 10.4. The third-order valence-corrected chi connectivity index (χ3v) is 4.57. The van der Waals surface area contributed by atoms with Crippen molar-refractivity contribution in [2.45, 2.75) is 20.1 Å². The van der Waals surface area contributed by atoms with E-state index in [1.165, 1.54) is 0 Å². The molecule has 3 rings (SSSR count). The van der Waals surface area contributed by atoms with Crippen molar-refractivity contribution in [3.05, 3.63) is 102 Å². The Morgan fingerprint density at radius 1 is 0.871 bits per heavy atom. The van der Waals surface area contributed by atoms with Crippen LogP contribution in [-0.4, -0.2) is 12.0 Å². The van der Waals surface area contributed by atoms with Gasteiger partial charge in [0.25, 0.3) is 5.91 Å². The zero-order valence-electron chi connectivity index (χ0n) is 17.4. The minimum absolute atomic E-state index is 0.150. The molecule has 2 amide bonds. The highest BCUT2D eigenvalue weighted by molar-refractivity contribution is 6.05. The van der Waals surface area contributed by atoms with E-state index in [1.807, 2.05) is 55.5 Å². The van der Waals surface area contributed by atoms with Crippen LogP contribution in [0.5, 0.6) is 0 Å². The van der Waals surface area contributed by atoms with E-state index < -0.39 is 6.09 Å². The number of carbonyl (C=O) groups excluding carboxylic acids is 2. The Labute approximate surface area is 181 Å². The number of hydrogen-bond donors (Lipinski definition) is 3. The highest BCUT2D eigenvalue weighted by Crippen LogP contribution is 2.22. The molecule has 0 bridgehead atoms. The average molecular weight is 415 g/mol. The van der Waals surface area contributed by atoms with Crippen LogP contribution < -0.4 is 16.4 Å². The third-order valence-electron chi connectivity index (χ3n) is 4.57. The summed E-state index contributed by atoms with van der Waals surface area (Å²) in [6, 6.07) is 21.8. The molecule has 0 saturated heterocycles. The lowest BCUT2D eigenvalue weighted by atomic mass is 10.0. The standard InChI is InChI=1S/C25H25N3O3/c1-17(2)20-12-21(24(29)27-22-10-6-9-19(11-22)15-26)14-23(13-20)28-25(30)31-16-18-7-4-3-5-8-18/h3-14H,1,15-16,26H2,2H3,(H,27,29)(H,28,30). The van der Waals surface area contributed by atoms with Gasteiger partial charge in [-0.3, -0.25) is 10.1 Å². The van der Waals surface area contributed by atoms with Crippen molar-refractivity contribution in [1.29, 1.82) is 0 Å². The van der Waals surface area contributed by atoms with Crippen molar-refractivity contribution in [2.24, 2.45) is 5.73 Å². The molecule has 0 heterocycles. The maximum atomic E-state index is 12.8. The number of anilines is 2. The van der Waals surface area contributed by atoms with Crippen molar-refractivity contribution < 1.29 is 14.3 Å². The Bertz CT molecular complexity index is 1090. The van der Waals surface area contributed by atoms with Crippen LogP contribution in [0.25, 0.3) is 5.57 Å². The van der Waals surface area contributed by atoms with Crippen LogP contribution in [0.1, 0.15) is 34.0 Å². The topological polar surface area (TPSA) is 93.4 Å². The molecule has 6 nitrogen and oxygen atoms in total. The van der Waals surface area contributed by atoms with Crippen molar-refractivity contribution in [3.63, 3.8) is 0 Å². The first kappa shape index (κ1) is 21.8. The van der Waals surface area contributed by atoms with Gasteiger partial charge in [0, 0.05) is 23.5 Å². The molecule has 6 heteroatoms. The van der Waals surface area contributed by atoms with E-state index >= 15 is 0 Å². The van der Waals surface area contributed by atoms with Crippen molar-refractivity contribution in [2.75, 3.05) is 10.6 Å². The molecule has 0 fully saturated rings. The molecule has 0 aliphatic carbocycles. The molecule has 0 aliphatic rings. The number of rotatable bonds is 7. The van der Waals surface area contributed by atoms with Gasteiger partial charge in [-0.15, -0.1) is 0 Å². The smallest absolute Gasteiger partial charge is 0.411 e. The van der Waals surface area contributed by atoms with Crippen LogP contribution in [0.2, 0.25) is 0 Å². The third kappa shape index (κ3) is 6.29. The number of nitrogens with two attached hydrogens (primary N) is 1. The van der Waals surface area contributed by atoms with Gasteiger partial charge in [0.2, 0.25) is 0 Å². The van der Waals surface area contributed by atoms with E-state index in [0.29, 0.717) is 23.5 Å². The second kappa shape index (κ2) is 10.2. The highest BCUT2D eigenvalue weighted by Gasteiger charge is 2.12. The Hall–Kier alpha value is -3.90. The number of ether oxygens (including phenoxy) is 1. The number of carbonyl (C=O) groups is 2. The second-order valence-corrected chi connectivity index (χ2v) is 7.12. The van der Waals surface area contributed by atoms with Crippen LogP contribution >= 0.6 is 0 Å². The van der Waals surface area contributed by atoms with Gasteiger partial charge in [-0.1, -0.05) is 54.6 Å². The summed E-state index contributed by atoms with van der Waals surface area (Å²) in [6.07, 6.45) is -0.607. The fourth-order valence-corrected chi connectivity index (χ4v) is 2.93. The summed E-state index contributed by atoms with van der Waals surface area (Å²) >= 11 is 0. The highest BCUT2D eigenvalue weighted by atomic mass is 16.5. The SMILES string of the molecule is C=C(C)c1cc(NC(=O)OCc2ccccc2)cc(C(=O)Nc2cccc(CN)c2)c1. The average Bonchev–Trinajstić information content (AvgIpc) is 2.78. The quantitative estimate of drug-likeness (QED) is 0.496. The minimum Gasteiger partial charge on any atom is -0.444 e. The first-order valence-electron chi connectivity index (χ1n) is 9.83. The molecule has 4 N–H and O–H groups in total. The van der Waals surface area contributed by atoms with E-state index in [1.54, 1.807) is 24.3 Å². The Morgan fingerprint density at radius 3 is 2.29 bits per heavy atom. The van der Waals surface area contributed by atoms with Crippen molar-refractivity contribution in [1.82, 2.24) is 0 Å². The Morgan fingerprint density at radius 2 is 1.58 bits per heavy atom. The summed E-state index contributed by atoms with van der Waals surface area (Å²) in [7, 11) is 0. The summed E-state index contributed by atoms with van der Waals surface area (Å²) < 4.78 is 5.27. The molecule has 0 spiro atoms. The molecule has 158 valence electrons. The van der Waals surface area contributed by atoms with Gasteiger partial charge in [0.1, 0.15) is 6.61 Å². The van der Waals surface area contributed by atoms with E-state index in [2.05, 4.69) is 17.2 Å². The monoisotopic (exact) mass is 415 g/mol. The van der Waals surface area contributed by atoms with E-state index in [4.69, 9.17) is 10.5 Å². The largest absolute Gasteiger partial charge is 0.444 e. The van der Waals surface area contributed by atoms with Crippen LogP contribution in [0.15, 0.2) is 79.4 Å². The maximum absolute atomic E-state index is 12.8. The Kier molecular flexibility index (Phi) is 7.19. The molecule has 0 unspecified atom stereocenters. The first-order valence-corrected chi connectivity index (χ1v) is 9.83. The number of amides is 2. The molecule has 31 heavy (non-hydrogen) atoms. The molecule has 0 aromatic heterocycles. The molecule has 0 aliphatic heterocycles. The Balaban J connectivity index is 1.74. The fraction of sp³-hybridized carbons (Fsp3) is 0.120. The van der Waals surface area contributed by atoms with Gasteiger partial charge in [0.15, 0.2) is 0 Å². The molecule has 3 aromatic carbocycles. The van der Waals surface area contributed by atoms with E-state index in [0.717, 1.165) is 22.3 Å². The normalized spacial score (nSPS) is 10.3. The molecule has 0 radical (unpaired) electrons. The zero-order valence-corrected chi connectivity index (χ0v) is 17.4. The van der Waals surface area contributed by atoms with Gasteiger partial charge >= 0.3 is 6.09 Å². The number of hydrogen-bond acceptors (Lipinski definition) is 4. The summed E-state index contributed by atoms with van der Waals surface area (Å²) in [6.45, 7) is 6.31. The lowest BCUT2D eigenvalue weighted by Gasteiger charge is -2.12. The number of nitrogens with one attached hydrogen (secondary N) is 2. The van der Waals surface area contributed by atoms with E-state index in [9.17, 15) is 9.59 Å². The molecule has 0 atom stereocenters.